The van der Waals surface area contributed by atoms with Gasteiger partial charge in [0.2, 0.25) is 0 Å². The molecule has 3 aromatic carbocycles. The molecule has 2 atom stereocenters. The first-order valence-corrected chi connectivity index (χ1v) is 10.9. The summed E-state index contributed by atoms with van der Waals surface area (Å²) < 4.78 is 11.3. The van der Waals surface area contributed by atoms with E-state index in [0.717, 1.165) is 16.7 Å². The van der Waals surface area contributed by atoms with Crippen LogP contribution in [0.1, 0.15) is 29.2 Å². The maximum absolute atomic E-state index is 12.5. The molecule has 4 rings (SSSR count). The zero-order valence-corrected chi connectivity index (χ0v) is 18.9. The fourth-order valence-corrected chi connectivity index (χ4v) is 3.64. The number of amides is 1. The summed E-state index contributed by atoms with van der Waals surface area (Å²) in [5.41, 5.74) is 11.6. The largest absolute Gasteiger partial charge is 0.493 e. The molecule has 0 spiro atoms. The Kier molecular flexibility index (Phi) is 7.57. The third-order valence-electron chi connectivity index (χ3n) is 5.31. The van der Waals surface area contributed by atoms with Crippen LogP contribution in [0.2, 0.25) is 5.02 Å². The van der Waals surface area contributed by atoms with E-state index in [0.29, 0.717) is 29.5 Å². The van der Waals surface area contributed by atoms with Crippen LogP contribution >= 0.6 is 11.6 Å². The van der Waals surface area contributed by atoms with Crippen molar-refractivity contribution in [2.45, 2.75) is 25.1 Å². The zero-order valence-electron chi connectivity index (χ0n) is 18.1. The standard InChI is InChI=1S/C25H25ClN4O3/c1-32-23-12-7-18(13-24(23)33-16-17-5-3-2-4-6-17)15-27-30-25(31)22-14-21(28-29-22)19-8-10-20(26)11-9-19/h2-13,15,21-22,28-29H,14,16H2,1H3,(H,30,31)/b27-15+. The number of hydrogen-bond acceptors (Lipinski definition) is 6. The number of hydrazone groups is 1. The maximum Gasteiger partial charge on any atom is 0.258 e. The normalized spacial score (nSPS) is 17.8. The summed E-state index contributed by atoms with van der Waals surface area (Å²) in [6, 6.07) is 22.5. The Balaban J connectivity index is 1.33. The molecular formula is C25H25ClN4O3. The molecule has 0 saturated carbocycles. The second kappa shape index (κ2) is 11.0. The Morgan fingerprint density at radius 3 is 2.64 bits per heavy atom. The number of carbonyl (C=O) groups excluding carboxylic acids is 1. The quantitative estimate of drug-likeness (QED) is 0.347. The van der Waals surface area contributed by atoms with Crippen molar-refractivity contribution in [2.75, 3.05) is 7.11 Å². The highest BCUT2D eigenvalue weighted by Gasteiger charge is 2.29. The van der Waals surface area contributed by atoms with E-state index < -0.39 is 6.04 Å². The van der Waals surface area contributed by atoms with Gasteiger partial charge in [-0.3, -0.25) is 4.79 Å². The number of ether oxygens (including phenoxy) is 2. The van der Waals surface area contributed by atoms with Gasteiger partial charge in [-0.25, -0.2) is 16.3 Å². The molecule has 0 aromatic heterocycles. The average Bonchev–Trinajstić information content (AvgIpc) is 3.34. The van der Waals surface area contributed by atoms with Crippen molar-refractivity contribution in [1.82, 2.24) is 16.3 Å². The molecule has 8 heteroatoms. The van der Waals surface area contributed by atoms with Crippen LogP contribution < -0.4 is 25.8 Å². The lowest BCUT2D eigenvalue weighted by molar-refractivity contribution is -0.122. The van der Waals surface area contributed by atoms with Crippen LogP contribution in [0.25, 0.3) is 0 Å². The summed E-state index contributed by atoms with van der Waals surface area (Å²) >= 11 is 5.95. The monoisotopic (exact) mass is 464 g/mol. The topological polar surface area (TPSA) is 84.0 Å². The lowest BCUT2D eigenvalue weighted by Crippen LogP contribution is -2.41. The molecule has 3 aromatic rings. The van der Waals surface area contributed by atoms with Crippen molar-refractivity contribution >= 4 is 23.7 Å². The van der Waals surface area contributed by atoms with Gasteiger partial charge < -0.3 is 9.47 Å². The Bertz CT molecular complexity index is 1110. The van der Waals surface area contributed by atoms with Gasteiger partial charge in [0.15, 0.2) is 11.5 Å². The number of nitrogens with one attached hydrogen (secondary N) is 3. The average molecular weight is 465 g/mol. The fourth-order valence-electron chi connectivity index (χ4n) is 3.51. The van der Waals surface area contributed by atoms with Crippen molar-refractivity contribution in [1.29, 1.82) is 0 Å². The molecule has 1 heterocycles. The summed E-state index contributed by atoms with van der Waals surface area (Å²) in [6.07, 6.45) is 2.18. The molecule has 33 heavy (non-hydrogen) atoms. The molecule has 1 amide bonds. The minimum Gasteiger partial charge on any atom is -0.493 e. The van der Waals surface area contributed by atoms with Crippen LogP contribution in [0, 0.1) is 0 Å². The van der Waals surface area contributed by atoms with Gasteiger partial charge in [0, 0.05) is 11.1 Å². The smallest absolute Gasteiger partial charge is 0.258 e. The van der Waals surface area contributed by atoms with E-state index in [1.807, 2.05) is 72.8 Å². The van der Waals surface area contributed by atoms with E-state index in [4.69, 9.17) is 21.1 Å². The highest BCUT2D eigenvalue weighted by atomic mass is 35.5. The van der Waals surface area contributed by atoms with Crippen molar-refractivity contribution < 1.29 is 14.3 Å². The molecule has 0 radical (unpaired) electrons. The second-order valence-corrected chi connectivity index (χ2v) is 8.04. The van der Waals surface area contributed by atoms with E-state index in [2.05, 4.69) is 21.4 Å². The Labute approximate surface area is 197 Å². The molecule has 1 saturated heterocycles. The Hall–Kier alpha value is -3.39. The van der Waals surface area contributed by atoms with Crippen molar-refractivity contribution in [3.8, 4) is 11.5 Å². The summed E-state index contributed by atoms with van der Waals surface area (Å²) in [4.78, 5) is 12.5. The summed E-state index contributed by atoms with van der Waals surface area (Å²) in [6.45, 7) is 0.420. The molecule has 1 fully saturated rings. The van der Waals surface area contributed by atoms with E-state index in [1.54, 1.807) is 13.3 Å². The predicted octanol–water partition coefficient (Wildman–Crippen LogP) is 3.99. The molecule has 2 unspecified atom stereocenters. The molecule has 1 aliphatic rings. The minimum atomic E-state index is -0.400. The van der Waals surface area contributed by atoms with Crippen LogP contribution in [-0.2, 0) is 11.4 Å². The predicted molar refractivity (Wildman–Crippen MR) is 128 cm³/mol. The van der Waals surface area contributed by atoms with Gasteiger partial charge in [-0.2, -0.15) is 5.10 Å². The van der Waals surface area contributed by atoms with Gasteiger partial charge in [0.1, 0.15) is 12.6 Å². The first-order chi connectivity index (χ1) is 16.1. The summed E-state index contributed by atoms with van der Waals surface area (Å²) in [7, 11) is 1.60. The van der Waals surface area contributed by atoms with Gasteiger partial charge in [-0.05, 0) is 53.4 Å². The lowest BCUT2D eigenvalue weighted by Gasteiger charge is -2.11. The molecule has 3 N–H and O–H groups in total. The SMILES string of the molecule is COc1ccc(/C=N/NC(=O)C2CC(c3ccc(Cl)cc3)NN2)cc1OCc1ccccc1. The molecule has 1 aliphatic heterocycles. The van der Waals surface area contributed by atoms with Crippen LogP contribution in [0.15, 0.2) is 77.9 Å². The van der Waals surface area contributed by atoms with Crippen molar-refractivity contribution in [3.05, 3.63) is 94.5 Å². The van der Waals surface area contributed by atoms with Crippen molar-refractivity contribution in [2.24, 2.45) is 5.10 Å². The van der Waals surface area contributed by atoms with Gasteiger partial charge in [0.05, 0.1) is 13.3 Å². The minimum absolute atomic E-state index is 0.0212. The van der Waals surface area contributed by atoms with Crippen LogP contribution in [0.5, 0.6) is 11.5 Å². The fraction of sp³-hybridized carbons (Fsp3) is 0.200. The van der Waals surface area contributed by atoms with E-state index in [1.165, 1.54) is 0 Å². The first-order valence-electron chi connectivity index (χ1n) is 10.6. The molecule has 0 bridgehead atoms. The van der Waals surface area contributed by atoms with E-state index >= 15 is 0 Å². The lowest BCUT2D eigenvalue weighted by atomic mass is 10.0. The summed E-state index contributed by atoms with van der Waals surface area (Å²) in [5.74, 6) is 1.01. The number of nitrogens with zero attached hydrogens (tertiary/aromatic N) is 1. The third kappa shape index (κ3) is 6.10. The van der Waals surface area contributed by atoms with Gasteiger partial charge in [0.25, 0.3) is 5.91 Å². The second-order valence-electron chi connectivity index (χ2n) is 7.60. The number of hydrogen-bond donors (Lipinski definition) is 3. The molecule has 7 nitrogen and oxygen atoms in total. The number of methoxy groups -OCH3 is 1. The zero-order chi connectivity index (χ0) is 23.0. The van der Waals surface area contributed by atoms with Crippen LogP contribution in [-0.4, -0.2) is 25.3 Å². The molecular weight excluding hydrogens is 440 g/mol. The Morgan fingerprint density at radius 2 is 1.88 bits per heavy atom. The summed E-state index contributed by atoms with van der Waals surface area (Å²) in [5, 5.41) is 4.79. The van der Waals surface area contributed by atoms with E-state index in [9.17, 15) is 4.79 Å². The van der Waals surface area contributed by atoms with Crippen LogP contribution in [0.3, 0.4) is 0 Å². The number of carbonyl (C=O) groups is 1. The van der Waals surface area contributed by atoms with Crippen molar-refractivity contribution in [3.63, 3.8) is 0 Å². The number of benzene rings is 3. The number of rotatable bonds is 8. The van der Waals surface area contributed by atoms with Gasteiger partial charge >= 0.3 is 0 Å². The number of hydrazine groups is 1. The highest BCUT2D eigenvalue weighted by molar-refractivity contribution is 6.30. The highest BCUT2D eigenvalue weighted by Crippen LogP contribution is 2.28. The Morgan fingerprint density at radius 1 is 1.09 bits per heavy atom. The van der Waals surface area contributed by atoms with E-state index in [-0.39, 0.29) is 11.9 Å². The van der Waals surface area contributed by atoms with Gasteiger partial charge in [-0.15, -0.1) is 0 Å². The van der Waals surface area contributed by atoms with Gasteiger partial charge in [-0.1, -0.05) is 54.1 Å². The molecule has 170 valence electrons. The maximum atomic E-state index is 12.5. The number of halogens is 1. The van der Waals surface area contributed by atoms with Crippen LogP contribution in [0.4, 0.5) is 0 Å². The first kappa shape index (κ1) is 22.8. The third-order valence-corrected chi connectivity index (χ3v) is 5.56. The molecule has 0 aliphatic carbocycles.